The van der Waals surface area contributed by atoms with Gasteiger partial charge in [-0.05, 0) is 57.2 Å². The van der Waals surface area contributed by atoms with Crippen LogP contribution in [0.1, 0.15) is 41.4 Å². The van der Waals surface area contributed by atoms with Gasteiger partial charge < -0.3 is 10.0 Å². The van der Waals surface area contributed by atoms with Crippen molar-refractivity contribution in [3.63, 3.8) is 0 Å². The molecule has 1 unspecified atom stereocenters. The Bertz CT molecular complexity index is 731. The van der Waals surface area contributed by atoms with Crippen molar-refractivity contribution in [3.8, 4) is 0 Å². The second-order valence-electron chi connectivity index (χ2n) is 6.69. The molecular weight excluding hydrogens is 288 g/mol. The van der Waals surface area contributed by atoms with Crippen LogP contribution in [0, 0.1) is 19.8 Å². The Hall–Kier alpha value is -1.94. The number of nitrogens with zero attached hydrogens (tertiary/aromatic N) is 2. The highest BCUT2D eigenvalue weighted by Crippen LogP contribution is 2.24. The number of hydrogen-bond acceptors (Lipinski definition) is 3. The number of carbonyl (C=O) groups excluding carboxylic acids is 1. The summed E-state index contributed by atoms with van der Waals surface area (Å²) in [4.78, 5) is 19.3. The van der Waals surface area contributed by atoms with E-state index < -0.39 is 0 Å². The molecule has 1 N–H and O–H groups in total. The van der Waals surface area contributed by atoms with E-state index in [9.17, 15) is 9.90 Å². The van der Waals surface area contributed by atoms with Gasteiger partial charge in [0.2, 0.25) is 0 Å². The van der Waals surface area contributed by atoms with Gasteiger partial charge >= 0.3 is 0 Å². The maximum absolute atomic E-state index is 12.8. The third-order valence-corrected chi connectivity index (χ3v) is 4.90. The van der Waals surface area contributed by atoms with Gasteiger partial charge in [0.15, 0.2) is 0 Å². The number of likely N-dealkylation sites (tertiary alicyclic amines) is 1. The maximum atomic E-state index is 12.8. The minimum atomic E-state index is -0.292. The van der Waals surface area contributed by atoms with E-state index >= 15 is 0 Å². The van der Waals surface area contributed by atoms with Crippen LogP contribution in [0.4, 0.5) is 0 Å². The number of carbonyl (C=O) groups is 1. The number of benzene rings is 1. The number of aliphatic hydroxyl groups is 1. The molecule has 1 aliphatic rings. The lowest BCUT2D eigenvalue weighted by Crippen LogP contribution is -2.41. The first-order valence-electron chi connectivity index (χ1n) is 8.31. The van der Waals surface area contributed by atoms with E-state index in [0.717, 1.165) is 29.4 Å². The summed E-state index contributed by atoms with van der Waals surface area (Å²) in [5, 5.41) is 10.7. The lowest BCUT2D eigenvalue weighted by molar-refractivity contribution is 0.0520. The Morgan fingerprint density at radius 1 is 1.26 bits per heavy atom. The van der Waals surface area contributed by atoms with E-state index in [4.69, 9.17) is 0 Å². The van der Waals surface area contributed by atoms with Gasteiger partial charge in [0.25, 0.3) is 5.91 Å². The predicted molar refractivity (Wildman–Crippen MR) is 91.5 cm³/mol. The standard InChI is InChI=1S/C19H24N2O2/c1-12-4-5-16-11-17(13(2)20-18(16)10-12)19(23)21-8-6-15(7-9-21)14(3)22/h4-5,10-11,14-15,22H,6-9H2,1-3H3. The van der Waals surface area contributed by atoms with Gasteiger partial charge in [-0.25, -0.2) is 0 Å². The number of pyridine rings is 1. The highest BCUT2D eigenvalue weighted by molar-refractivity contribution is 5.98. The zero-order valence-corrected chi connectivity index (χ0v) is 14.0. The number of hydrogen-bond donors (Lipinski definition) is 1. The predicted octanol–water partition coefficient (Wildman–Crippen LogP) is 3.08. The van der Waals surface area contributed by atoms with Crippen molar-refractivity contribution < 1.29 is 9.90 Å². The van der Waals surface area contributed by atoms with Crippen molar-refractivity contribution in [3.05, 3.63) is 41.1 Å². The summed E-state index contributed by atoms with van der Waals surface area (Å²) in [5.74, 6) is 0.361. The zero-order valence-electron chi connectivity index (χ0n) is 14.0. The molecular formula is C19H24N2O2. The van der Waals surface area contributed by atoms with Gasteiger partial charge in [-0.15, -0.1) is 0 Å². The molecule has 1 amide bonds. The summed E-state index contributed by atoms with van der Waals surface area (Å²) in [7, 11) is 0. The van der Waals surface area contributed by atoms with Crippen LogP contribution < -0.4 is 0 Å². The maximum Gasteiger partial charge on any atom is 0.255 e. The van der Waals surface area contributed by atoms with Crippen molar-refractivity contribution in [2.75, 3.05) is 13.1 Å². The summed E-state index contributed by atoms with van der Waals surface area (Å²) in [5.41, 5.74) is 3.58. The second kappa shape index (κ2) is 6.28. The molecule has 1 saturated heterocycles. The summed E-state index contributed by atoms with van der Waals surface area (Å²) in [6.07, 6.45) is 1.44. The molecule has 0 spiro atoms. The van der Waals surface area contributed by atoms with Crippen LogP contribution >= 0.6 is 0 Å². The number of aryl methyl sites for hydroxylation is 2. The Labute approximate surface area is 137 Å². The molecule has 0 saturated carbocycles. The number of aromatic nitrogens is 1. The first-order valence-corrected chi connectivity index (χ1v) is 8.31. The van der Waals surface area contributed by atoms with Crippen LogP contribution in [-0.4, -0.2) is 40.1 Å². The Balaban J connectivity index is 1.84. The molecule has 122 valence electrons. The van der Waals surface area contributed by atoms with E-state index in [1.54, 1.807) is 0 Å². The molecule has 1 atom stereocenters. The lowest BCUT2D eigenvalue weighted by atomic mass is 9.92. The van der Waals surface area contributed by atoms with E-state index in [-0.39, 0.29) is 12.0 Å². The normalized spacial score (nSPS) is 17.5. The highest BCUT2D eigenvalue weighted by Gasteiger charge is 2.27. The highest BCUT2D eigenvalue weighted by atomic mass is 16.3. The molecule has 4 heteroatoms. The molecule has 0 radical (unpaired) electrons. The third-order valence-electron chi connectivity index (χ3n) is 4.90. The molecule has 1 aromatic carbocycles. The molecule has 1 fully saturated rings. The molecule has 2 aromatic rings. The molecule has 2 heterocycles. The number of piperidine rings is 1. The van der Waals surface area contributed by atoms with Gasteiger partial charge in [-0.1, -0.05) is 12.1 Å². The summed E-state index contributed by atoms with van der Waals surface area (Å²) in [6, 6.07) is 8.07. The monoisotopic (exact) mass is 312 g/mol. The molecule has 0 bridgehead atoms. The minimum Gasteiger partial charge on any atom is -0.393 e. The summed E-state index contributed by atoms with van der Waals surface area (Å²) >= 11 is 0. The van der Waals surface area contributed by atoms with Gasteiger partial charge in [-0.2, -0.15) is 0 Å². The van der Waals surface area contributed by atoms with E-state index in [1.165, 1.54) is 5.56 Å². The third kappa shape index (κ3) is 3.22. The lowest BCUT2D eigenvalue weighted by Gasteiger charge is -2.33. The van der Waals surface area contributed by atoms with Crippen LogP contribution in [0.25, 0.3) is 10.9 Å². The van der Waals surface area contributed by atoms with Crippen LogP contribution in [0.2, 0.25) is 0 Å². The Kier molecular flexibility index (Phi) is 4.35. The Morgan fingerprint density at radius 2 is 1.96 bits per heavy atom. The van der Waals surface area contributed by atoms with Crippen molar-refractivity contribution in [1.82, 2.24) is 9.88 Å². The van der Waals surface area contributed by atoms with Crippen LogP contribution in [0.5, 0.6) is 0 Å². The minimum absolute atomic E-state index is 0.0570. The second-order valence-corrected chi connectivity index (χ2v) is 6.69. The number of aliphatic hydroxyl groups excluding tert-OH is 1. The fourth-order valence-electron chi connectivity index (χ4n) is 3.35. The van der Waals surface area contributed by atoms with Crippen molar-refractivity contribution in [2.24, 2.45) is 5.92 Å². The molecule has 3 rings (SSSR count). The van der Waals surface area contributed by atoms with E-state index in [0.29, 0.717) is 24.6 Å². The first kappa shape index (κ1) is 15.9. The Morgan fingerprint density at radius 3 is 2.61 bits per heavy atom. The van der Waals surface area contributed by atoms with Gasteiger partial charge in [0, 0.05) is 18.5 Å². The topological polar surface area (TPSA) is 53.4 Å². The van der Waals surface area contributed by atoms with Gasteiger partial charge in [0.05, 0.1) is 22.9 Å². The van der Waals surface area contributed by atoms with Crippen molar-refractivity contribution in [1.29, 1.82) is 0 Å². The largest absolute Gasteiger partial charge is 0.393 e. The molecule has 1 aromatic heterocycles. The summed E-state index contributed by atoms with van der Waals surface area (Å²) < 4.78 is 0. The van der Waals surface area contributed by atoms with Crippen LogP contribution in [-0.2, 0) is 0 Å². The molecule has 23 heavy (non-hydrogen) atoms. The van der Waals surface area contributed by atoms with E-state index in [1.807, 2.05) is 49.9 Å². The zero-order chi connectivity index (χ0) is 16.6. The van der Waals surface area contributed by atoms with Crippen molar-refractivity contribution >= 4 is 16.8 Å². The number of fused-ring (bicyclic) bond motifs is 1. The van der Waals surface area contributed by atoms with Crippen LogP contribution in [0.15, 0.2) is 24.3 Å². The van der Waals surface area contributed by atoms with E-state index in [2.05, 4.69) is 4.98 Å². The number of rotatable bonds is 2. The SMILES string of the molecule is Cc1ccc2cc(C(=O)N3CCC(C(C)O)CC3)c(C)nc2c1. The number of amides is 1. The van der Waals surface area contributed by atoms with Gasteiger partial charge in [-0.3, -0.25) is 9.78 Å². The average Bonchev–Trinajstić information content (AvgIpc) is 2.53. The van der Waals surface area contributed by atoms with Crippen molar-refractivity contribution in [2.45, 2.75) is 39.7 Å². The molecule has 0 aliphatic carbocycles. The fraction of sp³-hybridized carbons (Fsp3) is 0.474. The fourth-order valence-corrected chi connectivity index (χ4v) is 3.35. The van der Waals surface area contributed by atoms with Crippen LogP contribution in [0.3, 0.4) is 0 Å². The van der Waals surface area contributed by atoms with Gasteiger partial charge in [0.1, 0.15) is 0 Å². The smallest absolute Gasteiger partial charge is 0.255 e. The molecule has 4 nitrogen and oxygen atoms in total. The average molecular weight is 312 g/mol. The molecule has 1 aliphatic heterocycles. The first-order chi connectivity index (χ1) is 11.0. The quantitative estimate of drug-likeness (QED) is 0.927. The summed E-state index contributed by atoms with van der Waals surface area (Å²) in [6.45, 7) is 7.19.